The van der Waals surface area contributed by atoms with Gasteiger partial charge in [0, 0.05) is 19.2 Å². The highest BCUT2D eigenvalue weighted by Crippen LogP contribution is 2.19. The van der Waals surface area contributed by atoms with Gasteiger partial charge in [-0.05, 0) is 0 Å². The van der Waals surface area contributed by atoms with Crippen molar-refractivity contribution >= 4 is 9.24 Å². The van der Waals surface area contributed by atoms with Crippen molar-refractivity contribution < 1.29 is 13.9 Å². The van der Waals surface area contributed by atoms with E-state index in [2.05, 4.69) is 0 Å². The summed E-state index contributed by atoms with van der Waals surface area (Å²) >= 11 is 0. The highest BCUT2D eigenvalue weighted by molar-refractivity contribution is 7.16. The van der Waals surface area contributed by atoms with Crippen LogP contribution in [0.5, 0.6) is 0 Å². The molecular formula is C4H9F2OP. The second kappa shape index (κ2) is 3.31. The lowest BCUT2D eigenvalue weighted by molar-refractivity contribution is 0.00262. The lowest BCUT2D eigenvalue weighted by Gasteiger charge is -2.09. The number of hydrogen-bond donors (Lipinski definition) is 1. The topological polar surface area (TPSA) is 20.2 Å². The van der Waals surface area contributed by atoms with Gasteiger partial charge in [-0.15, -0.1) is 9.24 Å². The molecule has 0 heterocycles. The van der Waals surface area contributed by atoms with Gasteiger partial charge in [-0.25, -0.2) is 8.78 Å². The van der Waals surface area contributed by atoms with Gasteiger partial charge >= 0.3 is 0 Å². The molecule has 8 heavy (non-hydrogen) atoms. The summed E-state index contributed by atoms with van der Waals surface area (Å²) < 4.78 is 23.9. The molecule has 0 aliphatic heterocycles. The van der Waals surface area contributed by atoms with Crippen LogP contribution >= 0.6 is 9.24 Å². The molecule has 0 bridgehead atoms. The van der Waals surface area contributed by atoms with E-state index < -0.39 is 19.0 Å². The zero-order valence-corrected chi connectivity index (χ0v) is 5.56. The summed E-state index contributed by atoms with van der Waals surface area (Å²) in [6, 6.07) is 0. The van der Waals surface area contributed by atoms with Crippen LogP contribution in [0.1, 0.15) is 6.42 Å². The van der Waals surface area contributed by atoms with Crippen LogP contribution in [0.3, 0.4) is 0 Å². The Morgan fingerprint density at radius 3 is 2.12 bits per heavy atom. The van der Waals surface area contributed by atoms with Gasteiger partial charge < -0.3 is 5.11 Å². The van der Waals surface area contributed by atoms with Crippen LogP contribution in [-0.4, -0.2) is 23.8 Å². The second-order valence-electron chi connectivity index (χ2n) is 1.53. The van der Waals surface area contributed by atoms with E-state index in [0.29, 0.717) is 0 Å². The van der Waals surface area contributed by atoms with E-state index in [1.807, 2.05) is 9.24 Å². The summed E-state index contributed by atoms with van der Waals surface area (Å²) in [5, 5.41) is 8.04. The third-order valence-corrected chi connectivity index (χ3v) is 1.37. The van der Waals surface area contributed by atoms with Gasteiger partial charge in [0.25, 0.3) is 5.92 Å². The molecule has 0 amide bonds. The molecule has 0 aliphatic carbocycles. The quantitative estimate of drug-likeness (QED) is 0.580. The van der Waals surface area contributed by atoms with Gasteiger partial charge in [-0.2, -0.15) is 0 Å². The number of alkyl halides is 2. The lowest BCUT2D eigenvalue weighted by Crippen LogP contribution is -2.18. The van der Waals surface area contributed by atoms with Crippen LogP contribution in [0.4, 0.5) is 8.78 Å². The average Bonchev–Trinajstić information content (AvgIpc) is 1.67. The molecule has 0 spiro atoms. The average molecular weight is 142 g/mol. The summed E-state index contributed by atoms with van der Waals surface area (Å²) in [5.74, 6) is -2.70. The van der Waals surface area contributed by atoms with Crippen molar-refractivity contribution in [2.45, 2.75) is 12.3 Å². The van der Waals surface area contributed by atoms with E-state index in [4.69, 9.17) is 5.11 Å². The zero-order chi connectivity index (χ0) is 6.62. The molecule has 0 aromatic carbocycles. The number of aliphatic hydroxyl groups is 1. The van der Waals surface area contributed by atoms with E-state index in [0.717, 1.165) is 0 Å². The van der Waals surface area contributed by atoms with Crippen LogP contribution in [0.25, 0.3) is 0 Å². The van der Waals surface area contributed by atoms with E-state index >= 15 is 0 Å². The Hall–Kier alpha value is 0.250. The molecule has 0 aliphatic rings. The highest BCUT2D eigenvalue weighted by Gasteiger charge is 2.24. The summed E-state index contributed by atoms with van der Waals surface area (Å²) in [6.07, 6.45) is -0.704. The monoisotopic (exact) mass is 142 g/mol. The first-order valence-electron chi connectivity index (χ1n) is 2.31. The fourth-order valence-electron chi connectivity index (χ4n) is 0.266. The first-order valence-corrected chi connectivity index (χ1v) is 3.13. The SMILES string of the molecule is OCCC(F)(F)CP. The van der Waals surface area contributed by atoms with E-state index in [1.54, 1.807) is 0 Å². The second-order valence-corrected chi connectivity index (χ2v) is 1.94. The van der Waals surface area contributed by atoms with Gasteiger partial charge in [0.05, 0.1) is 0 Å². The Labute approximate surface area is 49.3 Å². The normalized spacial score (nSPS) is 12.0. The first-order chi connectivity index (χ1) is 3.62. The minimum Gasteiger partial charge on any atom is -0.396 e. The van der Waals surface area contributed by atoms with E-state index in [1.165, 1.54) is 0 Å². The number of halogens is 2. The Balaban J connectivity index is 3.37. The minimum atomic E-state index is -2.70. The molecule has 1 nitrogen and oxygen atoms in total. The van der Waals surface area contributed by atoms with Crippen LogP contribution in [-0.2, 0) is 0 Å². The summed E-state index contributed by atoms with van der Waals surface area (Å²) in [7, 11) is 1.94. The molecule has 4 heteroatoms. The Morgan fingerprint density at radius 2 is 2.00 bits per heavy atom. The molecule has 0 aromatic heterocycles. The van der Waals surface area contributed by atoms with Crippen molar-refractivity contribution in [3.63, 3.8) is 0 Å². The molecule has 0 rings (SSSR count). The maximum atomic E-state index is 12.0. The fraction of sp³-hybridized carbons (Fsp3) is 1.00. The molecule has 0 aromatic rings. The van der Waals surface area contributed by atoms with E-state index in [-0.39, 0.29) is 6.16 Å². The standard InChI is InChI=1S/C4H9F2OP/c5-4(6,3-8)1-2-7/h7H,1-3,8H2. The molecule has 0 saturated heterocycles. The molecule has 0 fully saturated rings. The Bertz CT molecular complexity index is 67.1. The van der Waals surface area contributed by atoms with Crippen molar-refractivity contribution in [2.24, 2.45) is 0 Å². The zero-order valence-electron chi connectivity index (χ0n) is 4.40. The summed E-state index contributed by atoms with van der Waals surface area (Å²) in [6.45, 7) is -0.443. The third-order valence-electron chi connectivity index (χ3n) is 0.776. The third kappa shape index (κ3) is 3.28. The number of aliphatic hydroxyl groups excluding tert-OH is 1. The van der Waals surface area contributed by atoms with Gasteiger partial charge in [0.15, 0.2) is 0 Å². The largest absolute Gasteiger partial charge is 0.396 e. The molecule has 1 unspecified atom stereocenters. The Morgan fingerprint density at radius 1 is 1.50 bits per heavy atom. The first kappa shape index (κ1) is 8.25. The van der Waals surface area contributed by atoms with Gasteiger partial charge in [-0.3, -0.25) is 0 Å². The van der Waals surface area contributed by atoms with Crippen molar-refractivity contribution in [1.29, 1.82) is 0 Å². The molecule has 0 saturated carbocycles. The molecule has 1 N–H and O–H groups in total. The van der Waals surface area contributed by atoms with Crippen LogP contribution in [0.15, 0.2) is 0 Å². The van der Waals surface area contributed by atoms with Crippen molar-refractivity contribution in [1.82, 2.24) is 0 Å². The van der Waals surface area contributed by atoms with Gasteiger partial charge in [0.2, 0.25) is 0 Å². The fourth-order valence-corrected chi connectivity index (χ4v) is 0.470. The number of rotatable bonds is 3. The maximum Gasteiger partial charge on any atom is 0.253 e. The minimum absolute atomic E-state index is 0.270. The smallest absolute Gasteiger partial charge is 0.253 e. The molecular weight excluding hydrogens is 133 g/mol. The van der Waals surface area contributed by atoms with Gasteiger partial charge in [-0.1, -0.05) is 0 Å². The van der Waals surface area contributed by atoms with Crippen molar-refractivity contribution in [3.8, 4) is 0 Å². The Kier molecular flexibility index (Phi) is 3.41. The van der Waals surface area contributed by atoms with E-state index in [9.17, 15) is 8.78 Å². The van der Waals surface area contributed by atoms with Crippen molar-refractivity contribution in [2.75, 3.05) is 12.8 Å². The van der Waals surface area contributed by atoms with Gasteiger partial charge in [0.1, 0.15) is 0 Å². The molecule has 1 atom stereocenters. The highest BCUT2D eigenvalue weighted by atomic mass is 31.0. The summed E-state index contributed by atoms with van der Waals surface area (Å²) in [5.41, 5.74) is 0. The van der Waals surface area contributed by atoms with Crippen LogP contribution in [0.2, 0.25) is 0 Å². The predicted molar refractivity (Wildman–Crippen MR) is 31.2 cm³/mol. The molecule has 0 radical (unpaired) electrons. The molecule has 50 valence electrons. The van der Waals surface area contributed by atoms with Crippen molar-refractivity contribution in [3.05, 3.63) is 0 Å². The number of hydrogen-bond acceptors (Lipinski definition) is 1. The summed E-state index contributed by atoms with van der Waals surface area (Å²) in [4.78, 5) is 0. The van der Waals surface area contributed by atoms with Crippen LogP contribution < -0.4 is 0 Å². The maximum absolute atomic E-state index is 12.0. The lowest BCUT2D eigenvalue weighted by atomic mass is 10.3. The van der Waals surface area contributed by atoms with Crippen LogP contribution in [0, 0.1) is 0 Å². The predicted octanol–water partition coefficient (Wildman–Crippen LogP) is 0.879.